The van der Waals surface area contributed by atoms with E-state index in [0.29, 0.717) is 5.88 Å². The van der Waals surface area contributed by atoms with E-state index >= 15 is 0 Å². The Morgan fingerprint density at radius 2 is 2.14 bits per heavy atom. The maximum absolute atomic E-state index is 5.91. The number of halogens is 2. The van der Waals surface area contributed by atoms with Gasteiger partial charge in [-0.1, -0.05) is 29.8 Å². The van der Waals surface area contributed by atoms with Gasteiger partial charge in [0.15, 0.2) is 5.65 Å². The number of hydrogen-bond acceptors (Lipinski definition) is 2. The Morgan fingerprint density at radius 1 is 1.29 bits per heavy atom. The number of alkyl halides is 1. The Hall–Kier alpha value is -1.39. The van der Waals surface area contributed by atoms with Crippen LogP contribution in [0.3, 0.4) is 0 Å². The largest absolute Gasteiger partial charge is 0.308 e. The number of imidazole rings is 1. The van der Waals surface area contributed by atoms with E-state index in [-0.39, 0.29) is 0 Å². The van der Waals surface area contributed by atoms with Gasteiger partial charge in [-0.15, -0.1) is 11.6 Å². The average molecular weight is 365 g/mol. The van der Waals surface area contributed by atoms with Crippen LogP contribution in [-0.4, -0.2) is 20.4 Å². The van der Waals surface area contributed by atoms with Crippen LogP contribution in [0.15, 0.2) is 41.0 Å². The highest BCUT2D eigenvalue weighted by Crippen LogP contribution is 2.20. The molecule has 0 aliphatic heterocycles. The van der Waals surface area contributed by atoms with Crippen LogP contribution in [0.5, 0.6) is 0 Å². The average Bonchev–Trinajstić information content (AvgIpc) is 2.76. The van der Waals surface area contributed by atoms with Gasteiger partial charge in [0.1, 0.15) is 11.3 Å². The van der Waals surface area contributed by atoms with E-state index in [0.717, 1.165) is 34.4 Å². The summed E-state index contributed by atoms with van der Waals surface area (Å²) in [5.41, 5.74) is 4.30. The predicted octanol–water partition coefficient (Wildman–Crippen LogP) is 4.33. The molecule has 2 aromatic heterocycles. The van der Waals surface area contributed by atoms with Gasteiger partial charge < -0.3 is 4.57 Å². The molecule has 0 unspecified atom stereocenters. The lowest BCUT2D eigenvalue weighted by Crippen LogP contribution is -2.06. The summed E-state index contributed by atoms with van der Waals surface area (Å²) in [6.45, 7) is 2.86. The molecule has 0 amide bonds. The van der Waals surface area contributed by atoms with Crippen LogP contribution in [0, 0.1) is 6.92 Å². The standard InChI is InChI=1S/C16H15BrClN3/c1-11-3-2-4-12(7-11)10-21-15(5-6-18)20-14-8-13(17)9-19-16(14)21/h2-4,7-9H,5-6,10H2,1H3. The molecule has 1 aromatic carbocycles. The molecule has 5 heteroatoms. The summed E-state index contributed by atoms with van der Waals surface area (Å²) >= 11 is 9.36. The lowest BCUT2D eigenvalue weighted by molar-refractivity contribution is 0.747. The third-order valence-electron chi connectivity index (χ3n) is 3.37. The molecular weight excluding hydrogens is 350 g/mol. The van der Waals surface area contributed by atoms with Crippen LogP contribution in [0.25, 0.3) is 11.2 Å². The Morgan fingerprint density at radius 3 is 2.90 bits per heavy atom. The zero-order chi connectivity index (χ0) is 14.8. The number of benzene rings is 1. The monoisotopic (exact) mass is 363 g/mol. The first-order chi connectivity index (χ1) is 10.2. The number of pyridine rings is 1. The molecular formula is C16H15BrClN3. The lowest BCUT2D eigenvalue weighted by Gasteiger charge is -2.08. The van der Waals surface area contributed by atoms with E-state index in [1.807, 2.05) is 6.07 Å². The Bertz CT molecular complexity index is 782. The highest BCUT2D eigenvalue weighted by atomic mass is 79.9. The van der Waals surface area contributed by atoms with Gasteiger partial charge >= 0.3 is 0 Å². The van der Waals surface area contributed by atoms with Crippen LogP contribution < -0.4 is 0 Å². The van der Waals surface area contributed by atoms with Gasteiger partial charge in [0.05, 0.1) is 6.54 Å². The molecule has 21 heavy (non-hydrogen) atoms. The summed E-state index contributed by atoms with van der Waals surface area (Å²) in [5, 5.41) is 0. The van der Waals surface area contributed by atoms with Crippen LogP contribution in [0.1, 0.15) is 17.0 Å². The minimum Gasteiger partial charge on any atom is -0.308 e. The number of nitrogens with zero attached hydrogens (tertiary/aromatic N) is 3. The zero-order valence-electron chi connectivity index (χ0n) is 11.7. The summed E-state index contributed by atoms with van der Waals surface area (Å²) in [4.78, 5) is 9.18. The maximum atomic E-state index is 5.91. The van der Waals surface area contributed by atoms with E-state index in [9.17, 15) is 0 Å². The third-order valence-corrected chi connectivity index (χ3v) is 3.99. The number of aryl methyl sites for hydroxylation is 2. The van der Waals surface area contributed by atoms with E-state index < -0.39 is 0 Å². The Balaban J connectivity index is 2.08. The summed E-state index contributed by atoms with van der Waals surface area (Å²) in [7, 11) is 0. The van der Waals surface area contributed by atoms with Crippen molar-refractivity contribution in [3.8, 4) is 0 Å². The van der Waals surface area contributed by atoms with Gasteiger partial charge in [-0.2, -0.15) is 0 Å². The zero-order valence-corrected chi connectivity index (χ0v) is 14.0. The van der Waals surface area contributed by atoms with Gasteiger partial charge in [-0.05, 0) is 34.5 Å². The van der Waals surface area contributed by atoms with Crippen LogP contribution in [0.2, 0.25) is 0 Å². The molecule has 0 radical (unpaired) electrons. The fourth-order valence-corrected chi connectivity index (χ4v) is 2.96. The SMILES string of the molecule is Cc1cccc(Cn2c(CCCl)nc3cc(Br)cnc32)c1. The first-order valence-corrected chi connectivity index (χ1v) is 8.12. The van der Waals surface area contributed by atoms with Crippen molar-refractivity contribution in [2.45, 2.75) is 19.9 Å². The molecule has 0 spiro atoms. The first-order valence-electron chi connectivity index (χ1n) is 6.79. The smallest absolute Gasteiger partial charge is 0.160 e. The fourth-order valence-electron chi connectivity index (χ4n) is 2.47. The normalized spacial score (nSPS) is 11.2. The predicted molar refractivity (Wildman–Crippen MR) is 89.9 cm³/mol. The summed E-state index contributed by atoms with van der Waals surface area (Å²) in [6.07, 6.45) is 2.54. The van der Waals surface area contributed by atoms with Crippen molar-refractivity contribution in [1.82, 2.24) is 14.5 Å². The van der Waals surface area contributed by atoms with Crippen molar-refractivity contribution in [3.63, 3.8) is 0 Å². The number of fused-ring (bicyclic) bond motifs is 1. The topological polar surface area (TPSA) is 30.7 Å². The number of hydrogen-bond donors (Lipinski definition) is 0. The molecule has 3 aromatic rings. The highest BCUT2D eigenvalue weighted by Gasteiger charge is 2.12. The van der Waals surface area contributed by atoms with Crippen LogP contribution in [0.4, 0.5) is 0 Å². The molecule has 108 valence electrons. The van der Waals surface area contributed by atoms with Crippen molar-refractivity contribution in [1.29, 1.82) is 0 Å². The first kappa shape index (κ1) is 14.5. The van der Waals surface area contributed by atoms with Gasteiger partial charge in [0.2, 0.25) is 0 Å². The van der Waals surface area contributed by atoms with Crippen LogP contribution >= 0.6 is 27.5 Å². The highest BCUT2D eigenvalue weighted by molar-refractivity contribution is 9.10. The molecule has 0 aliphatic rings. The summed E-state index contributed by atoms with van der Waals surface area (Å²) in [6, 6.07) is 10.5. The molecule has 2 heterocycles. The minimum absolute atomic E-state index is 0.554. The molecule has 0 saturated heterocycles. The van der Waals surface area contributed by atoms with Crippen molar-refractivity contribution in [2.24, 2.45) is 0 Å². The van der Waals surface area contributed by atoms with Crippen molar-refractivity contribution >= 4 is 38.7 Å². The molecule has 0 fully saturated rings. The van der Waals surface area contributed by atoms with Crippen molar-refractivity contribution in [3.05, 3.63) is 58.0 Å². The summed E-state index contributed by atoms with van der Waals surface area (Å²) < 4.78 is 3.09. The quantitative estimate of drug-likeness (QED) is 0.645. The Labute approximate surface area is 137 Å². The summed E-state index contributed by atoms with van der Waals surface area (Å²) in [5.74, 6) is 1.53. The van der Waals surface area contributed by atoms with E-state index in [2.05, 4.69) is 61.7 Å². The maximum Gasteiger partial charge on any atom is 0.160 e. The molecule has 0 saturated carbocycles. The molecule has 0 atom stereocenters. The van der Waals surface area contributed by atoms with Crippen molar-refractivity contribution in [2.75, 3.05) is 5.88 Å². The number of aromatic nitrogens is 3. The Kier molecular flexibility index (Phi) is 4.27. The van der Waals surface area contributed by atoms with Gasteiger partial charge in [0, 0.05) is 23.0 Å². The molecule has 0 bridgehead atoms. The van der Waals surface area contributed by atoms with Crippen LogP contribution in [-0.2, 0) is 13.0 Å². The minimum atomic E-state index is 0.554. The van der Waals surface area contributed by atoms with E-state index in [1.165, 1.54) is 11.1 Å². The van der Waals surface area contributed by atoms with Crippen molar-refractivity contribution < 1.29 is 0 Å². The van der Waals surface area contributed by atoms with E-state index in [4.69, 9.17) is 11.6 Å². The second-order valence-corrected chi connectivity index (χ2v) is 6.33. The van der Waals surface area contributed by atoms with E-state index in [1.54, 1.807) is 6.20 Å². The molecule has 0 N–H and O–H groups in total. The molecule has 0 aliphatic carbocycles. The van der Waals surface area contributed by atoms with Gasteiger partial charge in [0.25, 0.3) is 0 Å². The second kappa shape index (κ2) is 6.16. The third kappa shape index (κ3) is 3.11. The number of rotatable bonds is 4. The lowest BCUT2D eigenvalue weighted by atomic mass is 10.1. The van der Waals surface area contributed by atoms with Gasteiger partial charge in [-0.25, -0.2) is 9.97 Å². The molecule has 3 nitrogen and oxygen atoms in total. The second-order valence-electron chi connectivity index (χ2n) is 5.04. The fraction of sp³-hybridized carbons (Fsp3) is 0.250. The van der Waals surface area contributed by atoms with Gasteiger partial charge in [-0.3, -0.25) is 0 Å². The molecule has 3 rings (SSSR count).